The normalized spacial score (nSPS) is 23.0. The number of hydrogen-bond acceptors (Lipinski definition) is 6. The molecule has 0 saturated heterocycles. The van der Waals surface area contributed by atoms with Gasteiger partial charge >= 0.3 is 5.97 Å². The third-order valence-corrected chi connectivity index (χ3v) is 7.42. The molecule has 164 valence electrons. The van der Waals surface area contributed by atoms with Crippen molar-refractivity contribution in [3.05, 3.63) is 61.7 Å². The van der Waals surface area contributed by atoms with E-state index in [-0.39, 0.29) is 48.1 Å². The Balaban J connectivity index is 1.70. The van der Waals surface area contributed by atoms with E-state index < -0.39 is 11.6 Å². The molecule has 0 fully saturated rings. The van der Waals surface area contributed by atoms with E-state index in [1.807, 2.05) is 0 Å². The number of fused-ring (bicyclic) bond motifs is 5. The van der Waals surface area contributed by atoms with Crippen LogP contribution in [-0.4, -0.2) is 20.6 Å². The SMILES string of the molecule is CCC1(O)C(=O)OCc2c1cc1n(c2=O)Cc2c-1nc1cc(F)c(C)c3c1c2[C@@H](N)CC3. The minimum atomic E-state index is -1.89. The number of carbonyl (C=O) groups is 1. The van der Waals surface area contributed by atoms with Crippen LogP contribution in [0.25, 0.3) is 22.3 Å². The van der Waals surface area contributed by atoms with E-state index in [4.69, 9.17) is 15.5 Å². The van der Waals surface area contributed by atoms with Gasteiger partial charge in [0.1, 0.15) is 12.4 Å². The molecule has 3 aromatic rings. The van der Waals surface area contributed by atoms with Gasteiger partial charge in [0, 0.05) is 28.6 Å². The molecule has 0 bridgehead atoms. The van der Waals surface area contributed by atoms with Crippen molar-refractivity contribution in [1.82, 2.24) is 9.55 Å². The van der Waals surface area contributed by atoms with Gasteiger partial charge in [0.05, 0.1) is 29.0 Å². The summed E-state index contributed by atoms with van der Waals surface area (Å²) in [6, 6.07) is 2.84. The van der Waals surface area contributed by atoms with Crippen LogP contribution in [0.1, 0.15) is 59.2 Å². The second-order valence-electron chi connectivity index (χ2n) is 8.96. The number of hydrogen-bond donors (Lipinski definition) is 2. The van der Waals surface area contributed by atoms with Crippen LogP contribution in [0.15, 0.2) is 16.9 Å². The first-order valence-corrected chi connectivity index (χ1v) is 10.8. The van der Waals surface area contributed by atoms with Gasteiger partial charge in [-0.1, -0.05) is 6.92 Å². The number of nitrogens with zero attached hydrogens (tertiary/aromatic N) is 2. The Morgan fingerprint density at radius 2 is 2.09 bits per heavy atom. The Kier molecular flexibility index (Phi) is 3.81. The molecular weight excluding hydrogens is 413 g/mol. The molecule has 1 aromatic carbocycles. The number of ether oxygens (including phenoxy) is 1. The van der Waals surface area contributed by atoms with E-state index in [1.54, 1.807) is 24.5 Å². The molecular formula is C24H22FN3O4. The van der Waals surface area contributed by atoms with Crippen molar-refractivity contribution in [2.24, 2.45) is 5.73 Å². The molecule has 4 heterocycles. The summed E-state index contributed by atoms with van der Waals surface area (Å²) >= 11 is 0. The van der Waals surface area contributed by atoms with Crippen LogP contribution in [0.4, 0.5) is 4.39 Å². The maximum absolute atomic E-state index is 14.7. The lowest BCUT2D eigenvalue weighted by Gasteiger charge is -2.31. The van der Waals surface area contributed by atoms with Crippen molar-refractivity contribution in [2.75, 3.05) is 0 Å². The van der Waals surface area contributed by atoms with E-state index in [2.05, 4.69) is 0 Å². The van der Waals surface area contributed by atoms with Crippen molar-refractivity contribution in [3.63, 3.8) is 0 Å². The van der Waals surface area contributed by atoms with Gasteiger partial charge in [-0.25, -0.2) is 14.2 Å². The summed E-state index contributed by atoms with van der Waals surface area (Å²) in [6.07, 6.45) is 1.44. The van der Waals surface area contributed by atoms with Crippen LogP contribution >= 0.6 is 0 Å². The second kappa shape index (κ2) is 6.24. The van der Waals surface area contributed by atoms with E-state index in [0.29, 0.717) is 35.3 Å². The number of aliphatic hydroxyl groups is 1. The topological polar surface area (TPSA) is 107 Å². The van der Waals surface area contributed by atoms with E-state index in [1.165, 1.54) is 6.07 Å². The number of rotatable bonds is 1. The zero-order chi connectivity index (χ0) is 22.5. The summed E-state index contributed by atoms with van der Waals surface area (Å²) in [4.78, 5) is 30.5. The Hall–Kier alpha value is -3.10. The van der Waals surface area contributed by atoms with E-state index >= 15 is 0 Å². The number of aryl methyl sites for hydroxylation is 1. The smallest absolute Gasteiger partial charge is 0.343 e. The first kappa shape index (κ1) is 19.6. The largest absolute Gasteiger partial charge is 0.458 e. The predicted molar refractivity (Wildman–Crippen MR) is 114 cm³/mol. The fourth-order valence-corrected chi connectivity index (χ4v) is 5.59. The summed E-state index contributed by atoms with van der Waals surface area (Å²) in [5, 5.41) is 11.9. The minimum absolute atomic E-state index is 0.0731. The maximum atomic E-state index is 14.7. The summed E-state index contributed by atoms with van der Waals surface area (Å²) in [7, 11) is 0. The van der Waals surface area contributed by atoms with Crippen LogP contribution in [0.2, 0.25) is 0 Å². The molecule has 1 unspecified atom stereocenters. The van der Waals surface area contributed by atoms with Gasteiger partial charge in [0.25, 0.3) is 5.56 Å². The summed E-state index contributed by atoms with van der Waals surface area (Å²) < 4.78 is 21.4. The van der Waals surface area contributed by atoms with Gasteiger partial charge < -0.3 is 20.1 Å². The number of aromatic nitrogens is 2. The fourth-order valence-electron chi connectivity index (χ4n) is 5.59. The quantitative estimate of drug-likeness (QED) is 0.445. The van der Waals surface area contributed by atoms with Crippen LogP contribution in [0, 0.1) is 12.7 Å². The summed E-state index contributed by atoms with van der Waals surface area (Å²) in [6.45, 7) is 3.55. The zero-order valence-corrected chi connectivity index (χ0v) is 17.8. The standard InChI is InChI=1S/C24H22FN3O4/c1-3-24(31)14-6-18-21-12(8-28(18)22(29)13(14)9-32-23(24)30)19-16(26)5-4-11-10(2)15(25)7-17(27-21)20(11)19/h6-7,16,31H,3-5,8-9,26H2,1-2H3/t16-,24?/m0/s1. The number of esters is 1. The number of benzene rings is 1. The first-order valence-electron chi connectivity index (χ1n) is 10.8. The van der Waals surface area contributed by atoms with Crippen molar-refractivity contribution < 1.29 is 19.0 Å². The summed E-state index contributed by atoms with van der Waals surface area (Å²) in [5.41, 5.74) is 9.72. The molecule has 0 saturated carbocycles. The Morgan fingerprint density at radius 1 is 1.31 bits per heavy atom. The molecule has 2 aliphatic heterocycles. The van der Waals surface area contributed by atoms with Crippen LogP contribution in [0.5, 0.6) is 0 Å². The van der Waals surface area contributed by atoms with Gasteiger partial charge in [-0.05, 0) is 48.9 Å². The molecule has 2 atom stereocenters. The average molecular weight is 435 g/mol. The third-order valence-electron chi connectivity index (χ3n) is 7.42. The number of halogens is 1. The number of carbonyl (C=O) groups excluding carboxylic acids is 1. The lowest BCUT2D eigenvalue weighted by atomic mass is 9.82. The van der Waals surface area contributed by atoms with Gasteiger partial charge in [-0.15, -0.1) is 0 Å². The Labute approximate surface area is 182 Å². The molecule has 32 heavy (non-hydrogen) atoms. The van der Waals surface area contributed by atoms with Crippen LogP contribution in [-0.2, 0) is 34.7 Å². The number of nitrogens with two attached hydrogens (primary N) is 1. The molecule has 2 aromatic heterocycles. The van der Waals surface area contributed by atoms with Crippen molar-refractivity contribution in [3.8, 4) is 11.4 Å². The molecule has 0 amide bonds. The molecule has 6 rings (SSSR count). The Bertz CT molecular complexity index is 1440. The molecule has 0 spiro atoms. The highest BCUT2D eigenvalue weighted by Gasteiger charge is 2.45. The molecule has 7 nitrogen and oxygen atoms in total. The highest BCUT2D eigenvalue weighted by atomic mass is 19.1. The van der Waals surface area contributed by atoms with E-state index in [0.717, 1.165) is 22.1 Å². The van der Waals surface area contributed by atoms with Gasteiger partial charge in [0.2, 0.25) is 0 Å². The first-order chi connectivity index (χ1) is 15.3. The maximum Gasteiger partial charge on any atom is 0.343 e. The van der Waals surface area contributed by atoms with Crippen LogP contribution < -0.4 is 11.3 Å². The van der Waals surface area contributed by atoms with Crippen LogP contribution in [0.3, 0.4) is 0 Å². The van der Waals surface area contributed by atoms with E-state index in [9.17, 15) is 19.1 Å². The lowest BCUT2D eigenvalue weighted by Crippen LogP contribution is -2.44. The van der Waals surface area contributed by atoms with Crippen molar-refractivity contribution in [2.45, 2.75) is 57.9 Å². The molecule has 0 radical (unpaired) electrons. The second-order valence-corrected chi connectivity index (χ2v) is 8.96. The number of pyridine rings is 2. The van der Waals surface area contributed by atoms with Gasteiger partial charge in [-0.2, -0.15) is 0 Å². The molecule has 3 N–H and O–H groups in total. The average Bonchev–Trinajstić information content (AvgIpc) is 3.14. The number of cyclic esters (lactones) is 1. The van der Waals surface area contributed by atoms with Gasteiger partial charge in [-0.3, -0.25) is 4.79 Å². The Morgan fingerprint density at radius 3 is 2.84 bits per heavy atom. The zero-order valence-electron chi connectivity index (χ0n) is 17.8. The highest BCUT2D eigenvalue weighted by Crippen LogP contribution is 2.45. The minimum Gasteiger partial charge on any atom is -0.458 e. The predicted octanol–water partition coefficient (Wildman–Crippen LogP) is 2.47. The summed E-state index contributed by atoms with van der Waals surface area (Å²) in [5.74, 6) is -1.08. The monoisotopic (exact) mass is 435 g/mol. The third kappa shape index (κ3) is 2.23. The molecule has 3 aliphatic rings. The molecule has 1 aliphatic carbocycles. The van der Waals surface area contributed by atoms with Crippen molar-refractivity contribution in [1.29, 1.82) is 0 Å². The lowest BCUT2D eigenvalue weighted by molar-refractivity contribution is -0.172. The van der Waals surface area contributed by atoms with Gasteiger partial charge in [0.15, 0.2) is 5.60 Å². The molecule has 8 heteroatoms. The fraction of sp³-hybridized carbons (Fsp3) is 0.375. The highest BCUT2D eigenvalue weighted by molar-refractivity contribution is 5.93. The van der Waals surface area contributed by atoms with Crippen molar-refractivity contribution >= 4 is 16.9 Å².